The second kappa shape index (κ2) is 5.93. The molecule has 1 aromatic rings. The molecule has 1 aromatic carbocycles. The Labute approximate surface area is 115 Å². The quantitative estimate of drug-likeness (QED) is 0.590. The molecule has 0 unspecified atom stereocenters. The third-order valence-corrected chi connectivity index (χ3v) is 2.73. The highest BCUT2D eigenvalue weighted by molar-refractivity contribution is 14.1. The predicted molar refractivity (Wildman–Crippen MR) is 74.8 cm³/mol. The van der Waals surface area contributed by atoms with Crippen LogP contribution in [0.15, 0.2) is 30.0 Å². The van der Waals surface area contributed by atoms with Crippen LogP contribution in [0.5, 0.6) is 0 Å². The lowest BCUT2D eigenvalue weighted by atomic mass is 10.3. The molecule has 1 N–H and O–H groups in total. The van der Waals surface area contributed by atoms with Gasteiger partial charge in [-0.2, -0.15) is 10.5 Å². The Kier molecular flexibility index (Phi) is 4.85. The van der Waals surface area contributed by atoms with Gasteiger partial charge in [0.1, 0.15) is 17.7 Å². The summed E-state index contributed by atoms with van der Waals surface area (Å²) in [4.78, 5) is 0. The molecule has 0 amide bonds. The zero-order chi connectivity index (χ0) is 11.3. The lowest BCUT2D eigenvalue weighted by Crippen LogP contribution is -1.91. The highest BCUT2D eigenvalue weighted by Crippen LogP contribution is 2.18. The van der Waals surface area contributed by atoms with Crippen molar-refractivity contribution < 1.29 is 0 Å². The zero-order valence-corrected chi connectivity index (χ0v) is 11.8. The van der Waals surface area contributed by atoms with Crippen LogP contribution in [0.1, 0.15) is 0 Å². The van der Waals surface area contributed by atoms with Crippen molar-refractivity contribution in [3.8, 4) is 12.1 Å². The SMILES string of the molecule is N#CC(C#N)=CNc1cc(I)cc(I)c1. The van der Waals surface area contributed by atoms with Crippen LogP contribution in [-0.4, -0.2) is 0 Å². The molecule has 0 aliphatic heterocycles. The topological polar surface area (TPSA) is 59.6 Å². The van der Waals surface area contributed by atoms with Gasteiger partial charge in [0, 0.05) is 19.0 Å². The van der Waals surface area contributed by atoms with E-state index in [0.29, 0.717) is 0 Å². The van der Waals surface area contributed by atoms with Gasteiger partial charge in [-0.1, -0.05) is 0 Å². The first-order chi connectivity index (χ1) is 7.15. The smallest absolute Gasteiger partial charge is 0.145 e. The summed E-state index contributed by atoms with van der Waals surface area (Å²) in [6.45, 7) is 0. The largest absolute Gasteiger partial charge is 0.360 e. The molecule has 0 aromatic heterocycles. The molecule has 0 spiro atoms. The average Bonchev–Trinajstić information content (AvgIpc) is 2.18. The molecule has 15 heavy (non-hydrogen) atoms. The molecule has 74 valence electrons. The summed E-state index contributed by atoms with van der Waals surface area (Å²) in [6.07, 6.45) is 1.40. The molecule has 0 aliphatic carbocycles. The summed E-state index contributed by atoms with van der Waals surface area (Å²) in [5.41, 5.74) is 0.929. The Bertz CT molecular complexity index is 444. The fraction of sp³-hybridized carbons (Fsp3) is 0. The van der Waals surface area contributed by atoms with E-state index in [-0.39, 0.29) is 5.57 Å². The van der Waals surface area contributed by atoms with Gasteiger partial charge in [-0.3, -0.25) is 0 Å². The van der Waals surface area contributed by atoms with Crippen LogP contribution in [-0.2, 0) is 0 Å². The van der Waals surface area contributed by atoms with Crippen LogP contribution in [0, 0.1) is 29.8 Å². The van der Waals surface area contributed by atoms with E-state index in [2.05, 4.69) is 50.5 Å². The van der Waals surface area contributed by atoms with Gasteiger partial charge in [0.2, 0.25) is 0 Å². The summed E-state index contributed by atoms with van der Waals surface area (Å²) >= 11 is 4.42. The van der Waals surface area contributed by atoms with Crippen molar-refractivity contribution in [1.82, 2.24) is 0 Å². The average molecular weight is 421 g/mol. The number of nitrogens with one attached hydrogen (secondary N) is 1. The first kappa shape index (κ1) is 12.3. The molecule has 3 nitrogen and oxygen atoms in total. The van der Waals surface area contributed by atoms with Gasteiger partial charge in [-0.15, -0.1) is 0 Å². The van der Waals surface area contributed by atoms with E-state index in [9.17, 15) is 0 Å². The lowest BCUT2D eigenvalue weighted by Gasteiger charge is -2.02. The van der Waals surface area contributed by atoms with E-state index in [4.69, 9.17) is 10.5 Å². The van der Waals surface area contributed by atoms with E-state index in [1.165, 1.54) is 6.20 Å². The van der Waals surface area contributed by atoms with E-state index >= 15 is 0 Å². The molecular weight excluding hydrogens is 416 g/mol. The molecule has 1 rings (SSSR count). The van der Waals surface area contributed by atoms with Crippen LogP contribution in [0.25, 0.3) is 0 Å². The van der Waals surface area contributed by atoms with Gasteiger partial charge in [-0.25, -0.2) is 0 Å². The van der Waals surface area contributed by atoms with Gasteiger partial charge in [0.25, 0.3) is 0 Å². The molecule has 0 aliphatic rings. The normalized spacial score (nSPS) is 8.53. The number of nitriles is 2. The van der Waals surface area contributed by atoms with Gasteiger partial charge in [-0.05, 0) is 63.4 Å². The third-order valence-electron chi connectivity index (χ3n) is 1.49. The van der Waals surface area contributed by atoms with Gasteiger partial charge >= 0.3 is 0 Å². The van der Waals surface area contributed by atoms with E-state index < -0.39 is 0 Å². The van der Waals surface area contributed by atoms with Crippen molar-refractivity contribution >= 4 is 50.9 Å². The molecule has 0 bridgehead atoms. The second-order valence-electron chi connectivity index (χ2n) is 2.58. The Morgan fingerprint density at radius 1 is 1.13 bits per heavy atom. The summed E-state index contributed by atoms with van der Waals surface area (Å²) < 4.78 is 2.21. The predicted octanol–water partition coefficient (Wildman–Crippen LogP) is 3.24. The molecule has 0 fully saturated rings. The highest BCUT2D eigenvalue weighted by atomic mass is 127. The number of allylic oxidation sites excluding steroid dienone is 1. The van der Waals surface area contributed by atoms with Crippen LogP contribution < -0.4 is 5.32 Å². The van der Waals surface area contributed by atoms with Crippen LogP contribution in [0.2, 0.25) is 0 Å². The van der Waals surface area contributed by atoms with Crippen molar-refractivity contribution in [2.24, 2.45) is 0 Å². The number of benzene rings is 1. The monoisotopic (exact) mass is 421 g/mol. The number of hydrogen-bond acceptors (Lipinski definition) is 3. The number of nitrogens with zero attached hydrogens (tertiary/aromatic N) is 2. The van der Waals surface area contributed by atoms with E-state index in [1.54, 1.807) is 12.1 Å². The summed E-state index contributed by atoms with van der Waals surface area (Å²) in [5.74, 6) is 0. The minimum atomic E-state index is 0.0591. The van der Waals surface area contributed by atoms with Crippen molar-refractivity contribution in [2.75, 3.05) is 5.32 Å². The molecular formula is C10H5I2N3. The van der Waals surface area contributed by atoms with Crippen molar-refractivity contribution in [3.05, 3.63) is 37.1 Å². The summed E-state index contributed by atoms with van der Waals surface area (Å²) in [6, 6.07) is 9.48. The molecule has 0 saturated carbocycles. The Morgan fingerprint density at radius 3 is 2.13 bits per heavy atom. The fourth-order valence-corrected chi connectivity index (χ4v) is 2.82. The second-order valence-corrected chi connectivity index (χ2v) is 5.08. The zero-order valence-electron chi connectivity index (χ0n) is 7.46. The first-order valence-electron chi connectivity index (χ1n) is 3.88. The Morgan fingerprint density at radius 2 is 1.67 bits per heavy atom. The Hall–Kier alpha value is -0.800. The number of halogens is 2. The highest BCUT2D eigenvalue weighted by Gasteiger charge is 1.96. The van der Waals surface area contributed by atoms with Crippen molar-refractivity contribution in [1.29, 1.82) is 10.5 Å². The van der Waals surface area contributed by atoms with Crippen LogP contribution >= 0.6 is 45.2 Å². The fourth-order valence-electron chi connectivity index (χ4n) is 0.882. The van der Waals surface area contributed by atoms with Crippen LogP contribution in [0.3, 0.4) is 0 Å². The maximum atomic E-state index is 8.53. The molecule has 0 radical (unpaired) electrons. The van der Waals surface area contributed by atoms with Crippen LogP contribution in [0.4, 0.5) is 5.69 Å². The summed E-state index contributed by atoms with van der Waals surface area (Å²) in [7, 11) is 0. The molecule has 0 atom stereocenters. The molecule has 0 saturated heterocycles. The van der Waals surface area contributed by atoms with Gasteiger partial charge in [0.05, 0.1) is 0 Å². The number of anilines is 1. The maximum absolute atomic E-state index is 8.53. The standard InChI is InChI=1S/C10H5I2N3/c11-8-1-9(12)3-10(2-8)15-6-7(4-13)5-14/h1-3,6,15H. The minimum absolute atomic E-state index is 0.0591. The first-order valence-corrected chi connectivity index (χ1v) is 6.04. The Balaban J connectivity index is 2.88. The van der Waals surface area contributed by atoms with Gasteiger partial charge in [0.15, 0.2) is 0 Å². The van der Waals surface area contributed by atoms with E-state index in [0.717, 1.165) is 12.8 Å². The lowest BCUT2D eigenvalue weighted by molar-refractivity contribution is 1.44. The van der Waals surface area contributed by atoms with Gasteiger partial charge < -0.3 is 5.32 Å². The van der Waals surface area contributed by atoms with E-state index in [1.807, 2.05) is 18.2 Å². The maximum Gasteiger partial charge on any atom is 0.145 e. The number of hydrogen-bond donors (Lipinski definition) is 1. The summed E-state index contributed by atoms with van der Waals surface area (Å²) in [5, 5.41) is 20.0. The molecule has 5 heteroatoms. The minimum Gasteiger partial charge on any atom is -0.360 e. The van der Waals surface area contributed by atoms with Crippen molar-refractivity contribution in [3.63, 3.8) is 0 Å². The van der Waals surface area contributed by atoms with Crippen molar-refractivity contribution in [2.45, 2.75) is 0 Å². The molecule has 0 heterocycles. The number of rotatable bonds is 2. The third kappa shape index (κ3) is 4.06.